The summed E-state index contributed by atoms with van der Waals surface area (Å²) in [5.74, 6) is -1.14. The summed E-state index contributed by atoms with van der Waals surface area (Å²) in [6, 6.07) is 5.95. The zero-order chi connectivity index (χ0) is 15.2. The second-order valence-electron chi connectivity index (χ2n) is 5.47. The van der Waals surface area contributed by atoms with Crippen molar-refractivity contribution in [2.75, 3.05) is 13.2 Å². The number of fused-ring (bicyclic) bond motifs is 1. The van der Waals surface area contributed by atoms with E-state index in [-0.39, 0.29) is 19.1 Å². The Morgan fingerprint density at radius 3 is 2.71 bits per heavy atom. The maximum absolute atomic E-state index is 11.6. The number of hydrogen-bond donors (Lipinski definition) is 2. The summed E-state index contributed by atoms with van der Waals surface area (Å²) in [5.41, 5.74) is 2.67. The first-order valence-corrected chi connectivity index (χ1v) is 7.30. The van der Waals surface area contributed by atoms with Crippen LogP contribution in [-0.2, 0) is 22.4 Å². The topological polar surface area (TPSA) is 75.6 Å². The number of carboxylic acid groups (broad SMARTS) is 1. The second kappa shape index (κ2) is 7.11. The molecule has 0 saturated carbocycles. The van der Waals surface area contributed by atoms with E-state index in [0.717, 1.165) is 12.8 Å². The summed E-state index contributed by atoms with van der Waals surface area (Å²) >= 11 is 0. The van der Waals surface area contributed by atoms with Gasteiger partial charge in [0.1, 0.15) is 5.75 Å². The average molecular weight is 291 g/mol. The van der Waals surface area contributed by atoms with Gasteiger partial charge < -0.3 is 15.2 Å². The smallest absolute Gasteiger partial charge is 0.308 e. The molecule has 5 heteroatoms. The molecule has 0 aromatic heterocycles. The number of benzene rings is 1. The average Bonchev–Trinajstić information content (AvgIpc) is 2.50. The van der Waals surface area contributed by atoms with Gasteiger partial charge in [-0.3, -0.25) is 9.59 Å². The highest BCUT2D eigenvalue weighted by atomic mass is 16.5. The molecular formula is C16H21NO4. The van der Waals surface area contributed by atoms with Gasteiger partial charge >= 0.3 is 5.97 Å². The maximum atomic E-state index is 11.6. The molecule has 0 saturated heterocycles. The minimum Gasteiger partial charge on any atom is -0.484 e. The molecule has 21 heavy (non-hydrogen) atoms. The van der Waals surface area contributed by atoms with E-state index in [1.54, 1.807) is 6.92 Å². The van der Waals surface area contributed by atoms with Crippen molar-refractivity contribution in [3.63, 3.8) is 0 Å². The molecule has 0 aliphatic heterocycles. The molecule has 2 rings (SSSR count). The monoisotopic (exact) mass is 291 g/mol. The zero-order valence-corrected chi connectivity index (χ0v) is 12.2. The maximum Gasteiger partial charge on any atom is 0.308 e. The lowest BCUT2D eigenvalue weighted by Gasteiger charge is -2.16. The van der Waals surface area contributed by atoms with Crippen molar-refractivity contribution in [3.05, 3.63) is 29.3 Å². The summed E-state index contributed by atoms with van der Waals surface area (Å²) in [4.78, 5) is 22.2. The Kier molecular flexibility index (Phi) is 5.20. The Bertz CT molecular complexity index is 527. The van der Waals surface area contributed by atoms with Crippen LogP contribution in [0.4, 0.5) is 0 Å². The quantitative estimate of drug-likeness (QED) is 0.837. The van der Waals surface area contributed by atoms with Crippen molar-refractivity contribution in [3.8, 4) is 5.75 Å². The number of aryl methyl sites for hydroxylation is 2. The number of aliphatic carboxylic acids is 1. The predicted molar refractivity (Wildman–Crippen MR) is 78.4 cm³/mol. The van der Waals surface area contributed by atoms with Crippen LogP contribution >= 0.6 is 0 Å². The van der Waals surface area contributed by atoms with Crippen molar-refractivity contribution in [1.29, 1.82) is 0 Å². The minimum atomic E-state index is -0.925. The van der Waals surface area contributed by atoms with Crippen LogP contribution in [0.3, 0.4) is 0 Å². The molecule has 0 spiro atoms. The van der Waals surface area contributed by atoms with E-state index < -0.39 is 11.9 Å². The van der Waals surface area contributed by atoms with E-state index >= 15 is 0 Å². The molecular weight excluding hydrogens is 270 g/mol. The molecule has 0 heterocycles. The van der Waals surface area contributed by atoms with Gasteiger partial charge in [-0.25, -0.2) is 0 Å². The molecule has 1 atom stereocenters. The predicted octanol–water partition coefficient (Wildman–Crippen LogP) is 1.78. The van der Waals surface area contributed by atoms with E-state index in [1.807, 2.05) is 12.1 Å². The number of carbonyl (C=O) groups excluding carboxylic acids is 1. The van der Waals surface area contributed by atoms with E-state index in [1.165, 1.54) is 24.0 Å². The van der Waals surface area contributed by atoms with Crippen molar-refractivity contribution in [2.45, 2.75) is 32.6 Å². The number of hydrogen-bond acceptors (Lipinski definition) is 3. The number of nitrogens with one attached hydrogen (secondary N) is 1. The van der Waals surface area contributed by atoms with Crippen LogP contribution in [0.1, 0.15) is 30.9 Å². The summed E-state index contributed by atoms with van der Waals surface area (Å²) in [5, 5.41) is 11.3. The van der Waals surface area contributed by atoms with Crippen molar-refractivity contribution >= 4 is 11.9 Å². The zero-order valence-electron chi connectivity index (χ0n) is 12.2. The summed E-state index contributed by atoms with van der Waals surface area (Å²) in [6.45, 7) is 1.57. The van der Waals surface area contributed by atoms with Crippen LogP contribution in [0.25, 0.3) is 0 Å². The Labute approximate surface area is 124 Å². The van der Waals surface area contributed by atoms with Crippen LogP contribution in [0.5, 0.6) is 5.75 Å². The van der Waals surface area contributed by atoms with Gasteiger partial charge in [-0.05, 0) is 48.9 Å². The van der Waals surface area contributed by atoms with Crippen molar-refractivity contribution in [1.82, 2.24) is 5.32 Å². The van der Waals surface area contributed by atoms with Crippen LogP contribution in [0, 0.1) is 5.92 Å². The third-order valence-electron chi connectivity index (χ3n) is 3.72. The SMILES string of the molecule is CC(CNC(=O)COc1ccc2c(c1)CCCC2)C(=O)O. The lowest BCUT2D eigenvalue weighted by atomic mass is 9.92. The Morgan fingerprint density at radius 2 is 2.00 bits per heavy atom. The van der Waals surface area contributed by atoms with E-state index in [2.05, 4.69) is 11.4 Å². The van der Waals surface area contributed by atoms with Crippen molar-refractivity contribution < 1.29 is 19.4 Å². The van der Waals surface area contributed by atoms with Crippen LogP contribution in [-0.4, -0.2) is 30.1 Å². The molecule has 1 aromatic rings. The largest absolute Gasteiger partial charge is 0.484 e. The van der Waals surface area contributed by atoms with Crippen LogP contribution in [0.2, 0.25) is 0 Å². The molecule has 1 amide bonds. The highest BCUT2D eigenvalue weighted by Gasteiger charge is 2.13. The lowest BCUT2D eigenvalue weighted by Crippen LogP contribution is -2.34. The molecule has 114 valence electrons. The number of ether oxygens (including phenoxy) is 1. The number of amides is 1. The Morgan fingerprint density at radius 1 is 1.29 bits per heavy atom. The van der Waals surface area contributed by atoms with Gasteiger partial charge in [0.2, 0.25) is 0 Å². The third-order valence-corrected chi connectivity index (χ3v) is 3.72. The Balaban J connectivity index is 1.80. The van der Waals surface area contributed by atoms with E-state index in [0.29, 0.717) is 5.75 Å². The fourth-order valence-electron chi connectivity index (χ4n) is 2.35. The molecule has 5 nitrogen and oxygen atoms in total. The van der Waals surface area contributed by atoms with Gasteiger partial charge in [0.15, 0.2) is 6.61 Å². The summed E-state index contributed by atoms with van der Waals surface area (Å²) in [7, 11) is 0. The number of carbonyl (C=O) groups is 2. The Hall–Kier alpha value is -2.04. The minimum absolute atomic E-state index is 0.0921. The first-order chi connectivity index (χ1) is 10.1. The fourth-order valence-corrected chi connectivity index (χ4v) is 2.35. The fraction of sp³-hybridized carbons (Fsp3) is 0.500. The summed E-state index contributed by atoms with van der Waals surface area (Å²) in [6.07, 6.45) is 4.61. The first kappa shape index (κ1) is 15.4. The molecule has 1 aromatic carbocycles. The van der Waals surface area contributed by atoms with Crippen LogP contribution in [0.15, 0.2) is 18.2 Å². The first-order valence-electron chi connectivity index (χ1n) is 7.30. The molecule has 1 aliphatic rings. The standard InChI is InChI=1S/C16H21NO4/c1-11(16(19)20)9-17-15(18)10-21-14-7-6-12-4-2-3-5-13(12)8-14/h6-8,11H,2-5,9-10H2,1H3,(H,17,18)(H,19,20). The van der Waals surface area contributed by atoms with Gasteiger partial charge in [-0.15, -0.1) is 0 Å². The molecule has 1 aliphatic carbocycles. The van der Waals surface area contributed by atoms with Gasteiger partial charge in [0, 0.05) is 6.54 Å². The number of carboxylic acids is 1. The third kappa shape index (κ3) is 4.48. The normalized spacial score (nSPS) is 14.9. The molecule has 1 unspecified atom stereocenters. The lowest BCUT2D eigenvalue weighted by molar-refractivity contribution is -0.141. The highest BCUT2D eigenvalue weighted by molar-refractivity contribution is 5.78. The number of rotatable bonds is 6. The van der Waals surface area contributed by atoms with Gasteiger partial charge in [-0.2, -0.15) is 0 Å². The molecule has 0 radical (unpaired) electrons. The summed E-state index contributed by atoms with van der Waals surface area (Å²) < 4.78 is 5.47. The molecule has 0 fully saturated rings. The molecule has 0 bridgehead atoms. The van der Waals surface area contributed by atoms with Crippen molar-refractivity contribution in [2.24, 2.45) is 5.92 Å². The van der Waals surface area contributed by atoms with Crippen LogP contribution < -0.4 is 10.1 Å². The van der Waals surface area contributed by atoms with Gasteiger partial charge in [0.05, 0.1) is 5.92 Å². The second-order valence-corrected chi connectivity index (χ2v) is 5.47. The van der Waals surface area contributed by atoms with Gasteiger partial charge in [-0.1, -0.05) is 13.0 Å². The highest BCUT2D eigenvalue weighted by Crippen LogP contribution is 2.25. The van der Waals surface area contributed by atoms with Gasteiger partial charge in [0.25, 0.3) is 5.91 Å². The molecule has 2 N–H and O–H groups in total. The van der Waals surface area contributed by atoms with E-state index in [9.17, 15) is 9.59 Å². The van der Waals surface area contributed by atoms with E-state index in [4.69, 9.17) is 9.84 Å².